The van der Waals surface area contributed by atoms with E-state index in [0.29, 0.717) is 44.6 Å². The summed E-state index contributed by atoms with van der Waals surface area (Å²) < 4.78 is 18.6. The summed E-state index contributed by atoms with van der Waals surface area (Å²) in [6.07, 6.45) is 0.824. The number of carbonyl (C=O) groups is 1. The maximum absolute atomic E-state index is 11.8. The molecule has 2 heterocycles. The summed E-state index contributed by atoms with van der Waals surface area (Å²) in [6, 6.07) is 16.4. The standard InChI is InChI=1S/C24H16Cl3NO4/c25-19-2-1-3-20(26)18(19)12-30-17-4-5-22-14(7-17)6-16(11-29)28(22)10-15-8-23-24(9-21(15)27)32-13-31-23/h1-9,11H,10,12-13H2. The molecule has 0 amide bonds. The minimum Gasteiger partial charge on any atom is -0.489 e. The Morgan fingerprint density at radius 3 is 2.44 bits per heavy atom. The zero-order valence-corrected chi connectivity index (χ0v) is 18.9. The van der Waals surface area contributed by atoms with Gasteiger partial charge < -0.3 is 18.8 Å². The maximum Gasteiger partial charge on any atom is 0.231 e. The SMILES string of the molecule is O=Cc1cc2cc(OCc3c(Cl)cccc3Cl)ccc2n1Cc1cc2c(cc1Cl)OCO2. The van der Waals surface area contributed by atoms with Gasteiger partial charge in [-0.2, -0.15) is 0 Å². The van der Waals surface area contributed by atoms with Crippen LogP contribution in [-0.4, -0.2) is 17.6 Å². The lowest BCUT2D eigenvalue weighted by atomic mass is 10.2. The molecule has 0 N–H and O–H groups in total. The van der Waals surface area contributed by atoms with Gasteiger partial charge in [0.2, 0.25) is 6.79 Å². The van der Waals surface area contributed by atoms with Crippen LogP contribution in [0.3, 0.4) is 0 Å². The number of halogens is 3. The molecule has 5 rings (SSSR count). The second kappa shape index (κ2) is 8.58. The van der Waals surface area contributed by atoms with Gasteiger partial charge in [-0.1, -0.05) is 40.9 Å². The first-order valence-corrected chi connectivity index (χ1v) is 10.9. The maximum atomic E-state index is 11.8. The van der Waals surface area contributed by atoms with Crippen LogP contribution in [0.1, 0.15) is 21.6 Å². The van der Waals surface area contributed by atoms with Gasteiger partial charge in [-0.25, -0.2) is 0 Å². The van der Waals surface area contributed by atoms with Gasteiger partial charge in [0.05, 0.1) is 5.69 Å². The number of aromatic nitrogens is 1. The van der Waals surface area contributed by atoms with Crippen LogP contribution in [0, 0.1) is 0 Å². The molecule has 0 bridgehead atoms. The van der Waals surface area contributed by atoms with E-state index in [9.17, 15) is 4.79 Å². The van der Waals surface area contributed by atoms with Crippen molar-refractivity contribution < 1.29 is 19.0 Å². The van der Waals surface area contributed by atoms with Crippen molar-refractivity contribution in [3.63, 3.8) is 0 Å². The van der Waals surface area contributed by atoms with Crippen molar-refractivity contribution in [2.75, 3.05) is 6.79 Å². The average molecular weight is 489 g/mol. The lowest BCUT2D eigenvalue weighted by Gasteiger charge is -2.12. The van der Waals surface area contributed by atoms with Crippen LogP contribution >= 0.6 is 34.8 Å². The second-order valence-corrected chi connectivity index (χ2v) is 8.50. The van der Waals surface area contributed by atoms with E-state index in [1.54, 1.807) is 24.3 Å². The molecule has 5 nitrogen and oxygen atoms in total. The smallest absolute Gasteiger partial charge is 0.231 e. The third-order valence-corrected chi connectivity index (χ3v) is 6.40. The van der Waals surface area contributed by atoms with E-state index in [0.717, 1.165) is 28.3 Å². The van der Waals surface area contributed by atoms with Crippen molar-refractivity contribution in [2.45, 2.75) is 13.2 Å². The highest BCUT2D eigenvalue weighted by Gasteiger charge is 2.18. The number of rotatable bonds is 6. The van der Waals surface area contributed by atoms with Gasteiger partial charge in [0.25, 0.3) is 0 Å². The van der Waals surface area contributed by atoms with E-state index in [1.807, 2.05) is 34.9 Å². The molecule has 0 spiro atoms. The molecule has 0 saturated heterocycles. The van der Waals surface area contributed by atoms with Crippen LogP contribution in [0.2, 0.25) is 15.1 Å². The minimum absolute atomic E-state index is 0.170. The summed E-state index contributed by atoms with van der Waals surface area (Å²) in [5.74, 6) is 1.90. The number of carbonyl (C=O) groups excluding carboxylic acids is 1. The molecular weight excluding hydrogens is 473 g/mol. The molecule has 1 aromatic heterocycles. The predicted octanol–water partition coefficient (Wildman–Crippen LogP) is 6.77. The molecule has 0 radical (unpaired) electrons. The zero-order chi connectivity index (χ0) is 22.2. The van der Waals surface area contributed by atoms with Crippen LogP contribution in [0.4, 0.5) is 0 Å². The van der Waals surface area contributed by atoms with E-state index in [2.05, 4.69) is 0 Å². The van der Waals surface area contributed by atoms with Crippen molar-refractivity contribution in [3.8, 4) is 17.2 Å². The van der Waals surface area contributed by atoms with E-state index < -0.39 is 0 Å². The number of benzene rings is 3. The first-order valence-electron chi connectivity index (χ1n) is 9.75. The summed E-state index contributed by atoms with van der Waals surface area (Å²) in [5, 5.41) is 2.51. The lowest BCUT2D eigenvalue weighted by Crippen LogP contribution is -2.04. The Morgan fingerprint density at radius 1 is 0.938 bits per heavy atom. The Hall–Kier alpha value is -2.86. The van der Waals surface area contributed by atoms with Gasteiger partial charge in [0.1, 0.15) is 12.4 Å². The Balaban J connectivity index is 1.44. The summed E-state index contributed by atoms with van der Waals surface area (Å²) in [6.45, 7) is 0.809. The third kappa shape index (κ3) is 3.88. The van der Waals surface area contributed by atoms with Crippen molar-refractivity contribution in [1.29, 1.82) is 0 Å². The minimum atomic E-state index is 0.170. The molecule has 0 atom stereocenters. The fourth-order valence-electron chi connectivity index (χ4n) is 3.71. The van der Waals surface area contributed by atoms with Crippen LogP contribution in [-0.2, 0) is 13.2 Å². The fraction of sp³-hybridized carbons (Fsp3) is 0.125. The average Bonchev–Trinajstić information content (AvgIpc) is 3.37. The molecule has 4 aromatic rings. The predicted molar refractivity (Wildman–Crippen MR) is 125 cm³/mol. The van der Waals surface area contributed by atoms with Crippen molar-refractivity contribution >= 4 is 52.0 Å². The number of nitrogens with zero attached hydrogens (tertiary/aromatic N) is 1. The van der Waals surface area contributed by atoms with Crippen molar-refractivity contribution in [1.82, 2.24) is 4.57 Å². The molecule has 32 heavy (non-hydrogen) atoms. The lowest BCUT2D eigenvalue weighted by molar-refractivity contribution is 0.111. The number of hydrogen-bond donors (Lipinski definition) is 0. The van der Waals surface area contributed by atoms with Gasteiger partial charge in [-0.3, -0.25) is 4.79 Å². The number of fused-ring (bicyclic) bond motifs is 2. The van der Waals surface area contributed by atoms with Gasteiger partial charge in [-0.15, -0.1) is 0 Å². The Morgan fingerprint density at radius 2 is 1.69 bits per heavy atom. The van der Waals surface area contributed by atoms with Gasteiger partial charge in [0.15, 0.2) is 17.8 Å². The molecule has 1 aliphatic heterocycles. The van der Waals surface area contributed by atoms with Crippen LogP contribution in [0.5, 0.6) is 17.2 Å². The highest BCUT2D eigenvalue weighted by atomic mass is 35.5. The molecule has 0 fully saturated rings. The number of ether oxygens (including phenoxy) is 3. The summed E-state index contributed by atoms with van der Waals surface area (Å²) in [7, 11) is 0. The normalized spacial score (nSPS) is 12.3. The zero-order valence-electron chi connectivity index (χ0n) is 16.6. The van der Waals surface area contributed by atoms with Gasteiger partial charge in [-0.05, 0) is 48.0 Å². The summed E-state index contributed by atoms with van der Waals surface area (Å²) >= 11 is 18.9. The molecular formula is C24H16Cl3NO4. The Bertz CT molecular complexity index is 1330. The summed E-state index contributed by atoms with van der Waals surface area (Å²) in [4.78, 5) is 11.8. The second-order valence-electron chi connectivity index (χ2n) is 7.28. The number of aldehydes is 1. The van der Waals surface area contributed by atoms with E-state index in [-0.39, 0.29) is 13.4 Å². The molecule has 0 aliphatic carbocycles. The summed E-state index contributed by atoms with van der Waals surface area (Å²) in [5.41, 5.74) is 2.95. The fourth-order valence-corrected chi connectivity index (χ4v) is 4.43. The highest BCUT2D eigenvalue weighted by Crippen LogP contribution is 2.38. The van der Waals surface area contributed by atoms with Crippen molar-refractivity contribution in [2.24, 2.45) is 0 Å². The number of hydrogen-bond acceptors (Lipinski definition) is 4. The van der Waals surface area contributed by atoms with E-state index in [4.69, 9.17) is 49.0 Å². The topological polar surface area (TPSA) is 49.7 Å². The molecule has 0 saturated carbocycles. The van der Waals surface area contributed by atoms with Crippen molar-refractivity contribution in [3.05, 3.63) is 86.5 Å². The molecule has 3 aromatic carbocycles. The molecule has 0 unspecified atom stereocenters. The quantitative estimate of drug-likeness (QED) is 0.281. The first kappa shape index (κ1) is 21.0. The molecule has 162 valence electrons. The Labute approximate surface area is 199 Å². The van der Waals surface area contributed by atoms with Gasteiger partial charge in [0, 0.05) is 44.1 Å². The molecule has 8 heteroatoms. The third-order valence-electron chi connectivity index (χ3n) is 5.34. The van der Waals surface area contributed by atoms with Crippen LogP contribution < -0.4 is 14.2 Å². The largest absolute Gasteiger partial charge is 0.489 e. The first-order chi connectivity index (χ1) is 15.5. The van der Waals surface area contributed by atoms with E-state index in [1.165, 1.54) is 0 Å². The van der Waals surface area contributed by atoms with Crippen LogP contribution in [0.15, 0.2) is 54.6 Å². The van der Waals surface area contributed by atoms with E-state index >= 15 is 0 Å². The monoisotopic (exact) mass is 487 g/mol. The highest BCUT2D eigenvalue weighted by molar-refractivity contribution is 6.36. The molecule has 1 aliphatic rings. The Kier molecular flexibility index (Phi) is 5.64. The van der Waals surface area contributed by atoms with Gasteiger partial charge >= 0.3 is 0 Å². The van der Waals surface area contributed by atoms with Crippen LogP contribution in [0.25, 0.3) is 10.9 Å².